The van der Waals surface area contributed by atoms with Crippen molar-refractivity contribution >= 4 is 17.6 Å². The molecule has 82 valence electrons. The molecule has 0 unspecified atom stereocenters. The van der Waals surface area contributed by atoms with Crippen LogP contribution < -0.4 is 0 Å². The van der Waals surface area contributed by atoms with Gasteiger partial charge in [0.25, 0.3) is 0 Å². The first-order chi connectivity index (χ1) is 6.99. The Morgan fingerprint density at radius 1 is 1.33 bits per heavy atom. The molecule has 0 saturated heterocycles. The largest absolute Gasteiger partial charge is 0.462 e. The third-order valence-electron chi connectivity index (χ3n) is 1.60. The van der Waals surface area contributed by atoms with E-state index in [0.29, 0.717) is 6.07 Å². The third-order valence-corrected chi connectivity index (χ3v) is 1.87. The summed E-state index contributed by atoms with van der Waals surface area (Å²) in [6.07, 6.45) is 0. The minimum atomic E-state index is -1.79. The van der Waals surface area contributed by atoms with E-state index < -0.39 is 34.0 Å². The van der Waals surface area contributed by atoms with Gasteiger partial charge in [0.1, 0.15) is 5.56 Å². The Balaban J connectivity index is 3.26. The maximum atomic E-state index is 13.0. The van der Waals surface area contributed by atoms with E-state index in [9.17, 15) is 18.0 Å². The summed E-state index contributed by atoms with van der Waals surface area (Å²) in [5.74, 6) is -6.00. The minimum Gasteiger partial charge on any atom is -0.462 e. The molecule has 0 saturated carbocycles. The van der Waals surface area contributed by atoms with Gasteiger partial charge in [-0.15, -0.1) is 0 Å². The Morgan fingerprint density at radius 3 is 2.47 bits per heavy atom. The van der Waals surface area contributed by atoms with Crippen LogP contribution in [0.3, 0.4) is 0 Å². The average Bonchev–Trinajstić information content (AvgIpc) is 2.20. The molecule has 0 atom stereocenters. The summed E-state index contributed by atoms with van der Waals surface area (Å²) in [5.41, 5.74) is -0.722. The number of hydrogen-bond acceptors (Lipinski definition) is 2. The first kappa shape index (κ1) is 11.8. The van der Waals surface area contributed by atoms with Gasteiger partial charge < -0.3 is 4.74 Å². The van der Waals surface area contributed by atoms with E-state index in [-0.39, 0.29) is 6.61 Å². The second-order valence-corrected chi connectivity index (χ2v) is 2.98. The zero-order valence-electron chi connectivity index (χ0n) is 7.61. The molecule has 0 aliphatic carbocycles. The van der Waals surface area contributed by atoms with Gasteiger partial charge in [0.15, 0.2) is 17.5 Å². The number of esters is 1. The van der Waals surface area contributed by atoms with Gasteiger partial charge in [0.05, 0.1) is 11.6 Å². The summed E-state index contributed by atoms with van der Waals surface area (Å²) in [6, 6.07) is 0.688. The molecule has 1 rings (SSSR count). The second kappa shape index (κ2) is 4.53. The monoisotopic (exact) mass is 238 g/mol. The van der Waals surface area contributed by atoms with Gasteiger partial charge in [-0.3, -0.25) is 0 Å². The smallest absolute Gasteiger partial charge is 0.341 e. The number of ether oxygens (including phenoxy) is 1. The molecule has 6 heteroatoms. The highest BCUT2D eigenvalue weighted by Crippen LogP contribution is 2.23. The molecular formula is C9H6ClF3O2. The van der Waals surface area contributed by atoms with Crippen molar-refractivity contribution in [3.63, 3.8) is 0 Å². The van der Waals surface area contributed by atoms with Crippen molar-refractivity contribution in [2.75, 3.05) is 6.61 Å². The Hall–Kier alpha value is -1.23. The lowest BCUT2D eigenvalue weighted by Gasteiger charge is -2.05. The molecule has 0 aromatic heterocycles. The predicted octanol–water partition coefficient (Wildman–Crippen LogP) is 2.93. The van der Waals surface area contributed by atoms with Crippen LogP contribution in [0.4, 0.5) is 13.2 Å². The van der Waals surface area contributed by atoms with Crippen LogP contribution in [0.5, 0.6) is 0 Å². The van der Waals surface area contributed by atoms with E-state index in [2.05, 4.69) is 4.74 Å². The molecule has 1 aromatic rings. The van der Waals surface area contributed by atoms with E-state index in [4.69, 9.17) is 11.6 Å². The number of halogens is 4. The topological polar surface area (TPSA) is 26.3 Å². The van der Waals surface area contributed by atoms with E-state index in [1.54, 1.807) is 0 Å². The molecule has 2 nitrogen and oxygen atoms in total. The minimum absolute atomic E-state index is 0.00507. The molecule has 0 aliphatic rings. The van der Waals surface area contributed by atoms with Crippen LogP contribution in [0.1, 0.15) is 17.3 Å². The summed E-state index contributed by atoms with van der Waals surface area (Å²) in [6.45, 7) is 1.49. The maximum Gasteiger partial charge on any atom is 0.341 e. The van der Waals surface area contributed by atoms with E-state index in [0.717, 1.165) is 0 Å². The Kier molecular flexibility index (Phi) is 3.57. The fourth-order valence-electron chi connectivity index (χ4n) is 0.930. The highest BCUT2D eigenvalue weighted by Gasteiger charge is 2.22. The first-order valence-corrected chi connectivity index (χ1v) is 4.37. The number of hydrogen-bond donors (Lipinski definition) is 0. The molecular weight excluding hydrogens is 233 g/mol. The summed E-state index contributed by atoms with van der Waals surface area (Å²) in [7, 11) is 0. The first-order valence-electron chi connectivity index (χ1n) is 3.99. The van der Waals surface area contributed by atoms with Gasteiger partial charge >= 0.3 is 5.97 Å². The second-order valence-electron chi connectivity index (χ2n) is 2.57. The summed E-state index contributed by atoms with van der Waals surface area (Å²) < 4.78 is 43.0. The quantitative estimate of drug-likeness (QED) is 0.450. The zero-order chi connectivity index (χ0) is 11.6. The van der Waals surface area contributed by atoms with Crippen LogP contribution in [-0.2, 0) is 4.74 Å². The van der Waals surface area contributed by atoms with Crippen LogP contribution in [0, 0.1) is 17.5 Å². The van der Waals surface area contributed by atoms with Crippen molar-refractivity contribution in [1.82, 2.24) is 0 Å². The molecule has 0 heterocycles. The molecule has 15 heavy (non-hydrogen) atoms. The van der Waals surface area contributed by atoms with E-state index >= 15 is 0 Å². The summed E-state index contributed by atoms with van der Waals surface area (Å²) in [4.78, 5) is 11.1. The number of rotatable bonds is 2. The Morgan fingerprint density at radius 2 is 1.93 bits per heavy atom. The van der Waals surface area contributed by atoms with Crippen molar-refractivity contribution < 1.29 is 22.7 Å². The number of carbonyl (C=O) groups is 1. The van der Waals surface area contributed by atoms with Crippen LogP contribution in [0.2, 0.25) is 5.02 Å². The van der Waals surface area contributed by atoms with Crippen molar-refractivity contribution in [1.29, 1.82) is 0 Å². The van der Waals surface area contributed by atoms with Gasteiger partial charge in [-0.2, -0.15) is 0 Å². The van der Waals surface area contributed by atoms with E-state index in [1.807, 2.05) is 0 Å². The predicted molar refractivity (Wildman–Crippen MR) is 47.3 cm³/mol. The highest BCUT2D eigenvalue weighted by atomic mass is 35.5. The maximum absolute atomic E-state index is 13.0. The molecule has 0 amide bonds. The summed E-state index contributed by atoms with van der Waals surface area (Å²) >= 11 is 5.25. The lowest BCUT2D eigenvalue weighted by Crippen LogP contribution is -2.10. The van der Waals surface area contributed by atoms with Crippen molar-refractivity contribution in [2.45, 2.75) is 6.92 Å². The van der Waals surface area contributed by atoms with Crippen molar-refractivity contribution in [3.05, 3.63) is 34.1 Å². The van der Waals surface area contributed by atoms with Crippen molar-refractivity contribution in [2.24, 2.45) is 0 Å². The lowest BCUT2D eigenvalue weighted by atomic mass is 10.2. The molecule has 0 radical (unpaired) electrons. The van der Waals surface area contributed by atoms with Crippen LogP contribution in [0.25, 0.3) is 0 Å². The van der Waals surface area contributed by atoms with Crippen LogP contribution in [0.15, 0.2) is 6.07 Å². The molecule has 1 aromatic carbocycles. The van der Waals surface area contributed by atoms with Gasteiger partial charge in [-0.05, 0) is 13.0 Å². The number of benzene rings is 1. The average molecular weight is 239 g/mol. The molecule has 0 spiro atoms. The lowest BCUT2D eigenvalue weighted by molar-refractivity contribution is 0.0519. The normalized spacial score (nSPS) is 10.2. The Labute approximate surface area is 88.6 Å². The van der Waals surface area contributed by atoms with Crippen LogP contribution in [-0.4, -0.2) is 12.6 Å². The fraction of sp³-hybridized carbons (Fsp3) is 0.222. The van der Waals surface area contributed by atoms with Gasteiger partial charge in [-0.25, -0.2) is 18.0 Å². The fourth-order valence-corrected chi connectivity index (χ4v) is 1.12. The molecule has 0 N–H and O–H groups in total. The third kappa shape index (κ3) is 2.23. The van der Waals surface area contributed by atoms with Gasteiger partial charge in [0.2, 0.25) is 0 Å². The highest BCUT2D eigenvalue weighted by molar-refractivity contribution is 6.31. The Bertz CT molecular complexity index is 407. The SMILES string of the molecule is CCOC(=O)c1cc(Cl)c(F)c(F)c1F. The number of carbonyl (C=O) groups excluding carboxylic acids is 1. The van der Waals surface area contributed by atoms with E-state index in [1.165, 1.54) is 6.92 Å². The van der Waals surface area contributed by atoms with Gasteiger partial charge in [-0.1, -0.05) is 11.6 Å². The zero-order valence-corrected chi connectivity index (χ0v) is 8.37. The summed E-state index contributed by atoms with van der Waals surface area (Å²) in [5, 5.41) is -0.669. The molecule has 0 aliphatic heterocycles. The van der Waals surface area contributed by atoms with Gasteiger partial charge in [0, 0.05) is 0 Å². The van der Waals surface area contributed by atoms with Crippen LogP contribution >= 0.6 is 11.6 Å². The van der Waals surface area contributed by atoms with Crippen molar-refractivity contribution in [3.8, 4) is 0 Å². The standard InChI is InChI=1S/C9H6ClF3O2/c1-2-15-9(14)4-3-5(10)7(12)8(13)6(4)11/h3H,2H2,1H3. The molecule has 0 bridgehead atoms. The molecule has 0 fully saturated rings.